The second-order valence-electron chi connectivity index (χ2n) is 8.72. The monoisotopic (exact) mass is 457 g/mol. The molecule has 1 amide bonds. The van der Waals surface area contributed by atoms with Gasteiger partial charge in [0.15, 0.2) is 0 Å². The first-order valence-electron chi connectivity index (χ1n) is 11.3. The SMILES string of the molecule is CCC(C(=O)NCc1ccccc1CN1CCCC1)N(c1ccc(C)c(C)c1)S(C)(=O)=O. The number of hydrogen-bond acceptors (Lipinski definition) is 4. The first-order chi connectivity index (χ1) is 15.2. The molecule has 0 aliphatic carbocycles. The predicted octanol–water partition coefficient (Wildman–Crippen LogP) is 3.76. The highest BCUT2D eigenvalue weighted by atomic mass is 32.2. The maximum Gasteiger partial charge on any atom is 0.244 e. The Kier molecular flexibility index (Phi) is 7.96. The topological polar surface area (TPSA) is 69.7 Å². The van der Waals surface area contributed by atoms with Crippen molar-refractivity contribution in [2.45, 2.75) is 59.2 Å². The van der Waals surface area contributed by atoms with Crippen LogP contribution < -0.4 is 9.62 Å². The van der Waals surface area contributed by atoms with Gasteiger partial charge < -0.3 is 5.32 Å². The number of hydrogen-bond donors (Lipinski definition) is 1. The van der Waals surface area contributed by atoms with Crippen molar-refractivity contribution in [2.24, 2.45) is 0 Å². The van der Waals surface area contributed by atoms with Crippen LogP contribution in [0.15, 0.2) is 42.5 Å². The summed E-state index contributed by atoms with van der Waals surface area (Å²) in [5.74, 6) is -0.285. The molecule has 2 aromatic rings. The number of nitrogens with one attached hydrogen (secondary N) is 1. The van der Waals surface area contributed by atoms with Gasteiger partial charge in [-0.15, -0.1) is 0 Å². The molecule has 1 aliphatic rings. The van der Waals surface area contributed by atoms with Crippen molar-refractivity contribution in [3.05, 3.63) is 64.7 Å². The minimum atomic E-state index is -3.64. The minimum absolute atomic E-state index is 0.285. The van der Waals surface area contributed by atoms with Crippen LogP contribution >= 0.6 is 0 Å². The summed E-state index contributed by atoms with van der Waals surface area (Å²) in [6.07, 6.45) is 4.00. The highest BCUT2D eigenvalue weighted by Crippen LogP contribution is 2.25. The quantitative estimate of drug-likeness (QED) is 0.623. The first-order valence-corrected chi connectivity index (χ1v) is 13.2. The van der Waals surface area contributed by atoms with Gasteiger partial charge in [-0.1, -0.05) is 37.3 Å². The van der Waals surface area contributed by atoms with Crippen molar-refractivity contribution in [1.29, 1.82) is 0 Å². The zero-order valence-corrected chi connectivity index (χ0v) is 20.4. The Morgan fingerprint density at radius 3 is 2.31 bits per heavy atom. The van der Waals surface area contributed by atoms with Gasteiger partial charge in [-0.2, -0.15) is 0 Å². The van der Waals surface area contributed by atoms with Crippen molar-refractivity contribution in [3.8, 4) is 0 Å². The molecule has 32 heavy (non-hydrogen) atoms. The maximum absolute atomic E-state index is 13.2. The van der Waals surface area contributed by atoms with E-state index in [4.69, 9.17) is 0 Å². The molecule has 1 atom stereocenters. The first kappa shape index (κ1) is 24.3. The van der Waals surface area contributed by atoms with Gasteiger partial charge in [0.25, 0.3) is 0 Å². The van der Waals surface area contributed by atoms with Crippen LogP contribution in [0.25, 0.3) is 0 Å². The normalized spacial score (nSPS) is 15.5. The molecular weight excluding hydrogens is 422 g/mol. The Hall–Kier alpha value is -2.38. The van der Waals surface area contributed by atoms with Gasteiger partial charge in [0.1, 0.15) is 6.04 Å². The van der Waals surface area contributed by atoms with E-state index in [9.17, 15) is 13.2 Å². The number of rotatable bonds is 9. The summed E-state index contributed by atoms with van der Waals surface area (Å²) in [6, 6.07) is 12.8. The van der Waals surface area contributed by atoms with Crippen molar-refractivity contribution >= 4 is 21.6 Å². The van der Waals surface area contributed by atoms with Gasteiger partial charge in [-0.05, 0) is 80.6 Å². The molecule has 1 unspecified atom stereocenters. The zero-order valence-electron chi connectivity index (χ0n) is 19.6. The molecule has 0 spiro atoms. The van der Waals surface area contributed by atoms with E-state index in [1.165, 1.54) is 22.7 Å². The molecule has 2 aromatic carbocycles. The van der Waals surface area contributed by atoms with Crippen LogP contribution in [-0.2, 0) is 27.9 Å². The van der Waals surface area contributed by atoms with Crippen molar-refractivity contribution in [1.82, 2.24) is 10.2 Å². The Morgan fingerprint density at radius 1 is 1.06 bits per heavy atom. The summed E-state index contributed by atoms with van der Waals surface area (Å²) in [5, 5.41) is 3.00. The van der Waals surface area contributed by atoms with Gasteiger partial charge >= 0.3 is 0 Å². The van der Waals surface area contributed by atoms with Gasteiger partial charge in [0, 0.05) is 13.1 Å². The number of benzene rings is 2. The Balaban J connectivity index is 1.78. The Bertz CT molecular complexity index is 1050. The molecule has 1 aliphatic heterocycles. The van der Waals surface area contributed by atoms with E-state index in [0.717, 1.165) is 42.6 Å². The zero-order chi connectivity index (χ0) is 23.3. The van der Waals surface area contributed by atoms with E-state index >= 15 is 0 Å². The Labute approximate surface area is 192 Å². The van der Waals surface area contributed by atoms with E-state index in [2.05, 4.69) is 16.3 Å². The van der Waals surface area contributed by atoms with Crippen molar-refractivity contribution < 1.29 is 13.2 Å². The molecule has 0 aromatic heterocycles. The molecular formula is C25H35N3O3S. The van der Waals surface area contributed by atoms with Crippen molar-refractivity contribution in [2.75, 3.05) is 23.7 Å². The fraction of sp³-hybridized carbons (Fsp3) is 0.480. The summed E-state index contributed by atoms with van der Waals surface area (Å²) in [7, 11) is -3.64. The molecule has 174 valence electrons. The van der Waals surface area contributed by atoms with Gasteiger partial charge in [0.2, 0.25) is 15.9 Å². The number of likely N-dealkylation sites (tertiary alicyclic amines) is 1. The fourth-order valence-electron chi connectivity index (χ4n) is 4.29. The van der Waals surface area contributed by atoms with E-state index in [0.29, 0.717) is 18.7 Å². The largest absolute Gasteiger partial charge is 0.350 e. The predicted molar refractivity (Wildman–Crippen MR) is 130 cm³/mol. The van der Waals surface area contributed by atoms with E-state index in [1.807, 2.05) is 51.1 Å². The summed E-state index contributed by atoms with van der Waals surface area (Å²) in [4.78, 5) is 15.6. The lowest BCUT2D eigenvalue weighted by Crippen LogP contribution is -2.49. The summed E-state index contributed by atoms with van der Waals surface area (Å²) < 4.78 is 26.6. The molecule has 0 bridgehead atoms. The lowest BCUT2D eigenvalue weighted by atomic mass is 10.1. The molecule has 7 heteroatoms. The molecule has 1 fully saturated rings. The van der Waals surface area contributed by atoms with Crippen LogP contribution in [0, 0.1) is 13.8 Å². The third kappa shape index (κ3) is 5.90. The smallest absolute Gasteiger partial charge is 0.244 e. The lowest BCUT2D eigenvalue weighted by Gasteiger charge is -2.30. The third-order valence-corrected chi connectivity index (χ3v) is 7.42. The third-order valence-electron chi connectivity index (χ3n) is 6.24. The van der Waals surface area contributed by atoms with Crippen LogP contribution in [0.5, 0.6) is 0 Å². The fourth-order valence-corrected chi connectivity index (χ4v) is 5.49. The summed E-state index contributed by atoms with van der Waals surface area (Å²) in [5.41, 5.74) is 4.86. The van der Waals surface area contributed by atoms with Crippen LogP contribution in [0.3, 0.4) is 0 Å². The second-order valence-corrected chi connectivity index (χ2v) is 10.6. The molecule has 1 N–H and O–H groups in total. The number of carbonyl (C=O) groups is 1. The summed E-state index contributed by atoms with van der Waals surface area (Å²) >= 11 is 0. The average Bonchev–Trinajstić information content (AvgIpc) is 3.25. The van der Waals surface area contributed by atoms with Gasteiger partial charge in [0.05, 0.1) is 11.9 Å². The van der Waals surface area contributed by atoms with Crippen LogP contribution in [0.4, 0.5) is 5.69 Å². The summed E-state index contributed by atoms with van der Waals surface area (Å²) in [6.45, 7) is 9.23. The number of anilines is 1. The molecule has 3 rings (SSSR count). The number of sulfonamides is 1. The van der Waals surface area contributed by atoms with Crippen molar-refractivity contribution in [3.63, 3.8) is 0 Å². The molecule has 1 saturated heterocycles. The number of aryl methyl sites for hydroxylation is 2. The van der Waals surface area contributed by atoms with E-state index < -0.39 is 16.1 Å². The number of amides is 1. The molecule has 6 nitrogen and oxygen atoms in total. The lowest BCUT2D eigenvalue weighted by molar-refractivity contribution is -0.122. The van der Waals surface area contributed by atoms with E-state index in [-0.39, 0.29) is 5.91 Å². The standard InChI is InChI=1S/C25H35N3O3S/c1-5-24(28(32(4,30)31)23-13-12-19(2)20(3)16-23)25(29)26-17-21-10-6-7-11-22(21)18-27-14-8-9-15-27/h6-7,10-13,16,24H,5,8-9,14-15,17-18H2,1-4H3,(H,26,29). The highest BCUT2D eigenvalue weighted by molar-refractivity contribution is 7.92. The maximum atomic E-state index is 13.2. The van der Waals surface area contributed by atoms with Gasteiger partial charge in [-0.25, -0.2) is 8.42 Å². The molecule has 0 saturated carbocycles. The molecule has 1 heterocycles. The van der Waals surface area contributed by atoms with Gasteiger partial charge in [-0.3, -0.25) is 14.0 Å². The second kappa shape index (κ2) is 10.5. The number of nitrogens with zero attached hydrogens (tertiary/aromatic N) is 2. The average molecular weight is 458 g/mol. The number of carbonyl (C=O) groups excluding carboxylic acids is 1. The molecule has 0 radical (unpaired) electrons. The Morgan fingerprint density at radius 2 is 1.72 bits per heavy atom. The minimum Gasteiger partial charge on any atom is -0.350 e. The van der Waals surface area contributed by atoms with Crippen LogP contribution in [0.2, 0.25) is 0 Å². The van der Waals surface area contributed by atoms with Crippen LogP contribution in [-0.4, -0.2) is 44.6 Å². The van der Waals surface area contributed by atoms with E-state index in [1.54, 1.807) is 6.07 Å². The highest BCUT2D eigenvalue weighted by Gasteiger charge is 2.31. The van der Waals surface area contributed by atoms with Crippen LogP contribution in [0.1, 0.15) is 48.4 Å².